The topological polar surface area (TPSA) is 77.8 Å². The summed E-state index contributed by atoms with van der Waals surface area (Å²) in [5.74, 6) is 2.22. The third kappa shape index (κ3) is 4.18. The molecule has 1 aromatic rings. The van der Waals surface area contributed by atoms with Crippen LogP contribution in [0.25, 0.3) is 0 Å². The van der Waals surface area contributed by atoms with Crippen LogP contribution in [0, 0.1) is 17.3 Å². The highest BCUT2D eigenvalue weighted by Gasteiger charge is 2.54. The van der Waals surface area contributed by atoms with Gasteiger partial charge in [0, 0.05) is 31.3 Å². The first-order valence-electron chi connectivity index (χ1n) is 13.2. The normalized spacial score (nSPS) is 31.1. The number of benzene rings is 1. The largest absolute Gasteiger partial charge is 0.488 e. The zero-order valence-electron chi connectivity index (χ0n) is 20.0. The van der Waals surface area contributed by atoms with Crippen molar-refractivity contribution in [3.05, 3.63) is 28.8 Å². The van der Waals surface area contributed by atoms with Gasteiger partial charge in [-0.2, -0.15) is 0 Å². The summed E-state index contributed by atoms with van der Waals surface area (Å²) < 4.78 is 0. The summed E-state index contributed by atoms with van der Waals surface area (Å²) >= 11 is 0. The van der Waals surface area contributed by atoms with Crippen LogP contribution in [0.1, 0.15) is 93.7 Å². The Labute approximate surface area is 198 Å². The van der Waals surface area contributed by atoms with E-state index in [0.717, 1.165) is 76.4 Å². The van der Waals surface area contributed by atoms with Crippen molar-refractivity contribution in [2.75, 3.05) is 13.1 Å². The minimum absolute atomic E-state index is 0.127. The summed E-state index contributed by atoms with van der Waals surface area (Å²) in [6.45, 7) is 3.96. The number of hydrogen-bond donors (Lipinski definition) is 2. The Balaban J connectivity index is 1.34. The summed E-state index contributed by atoms with van der Waals surface area (Å²) in [5, 5.41) is 20.2. The Morgan fingerprint density at radius 1 is 1.12 bits per heavy atom. The molecule has 0 spiro atoms. The van der Waals surface area contributed by atoms with Gasteiger partial charge in [0.05, 0.1) is 0 Å². The van der Waals surface area contributed by atoms with Crippen LogP contribution in [-0.2, 0) is 22.4 Å². The molecule has 178 valence electrons. The number of likely N-dealkylation sites (tertiary alicyclic amines) is 1. The molecule has 5 nitrogen and oxygen atoms in total. The third-order valence-electron chi connectivity index (χ3n) is 9.52. The number of piperidine rings is 1. The second-order valence-electron chi connectivity index (χ2n) is 11.3. The summed E-state index contributed by atoms with van der Waals surface area (Å²) in [6, 6.07) is 4.25. The van der Waals surface area contributed by atoms with E-state index in [1.807, 2.05) is 11.0 Å². The first-order valence-corrected chi connectivity index (χ1v) is 13.2. The molecule has 0 aromatic heterocycles. The number of rotatable bonds is 5. The molecule has 6 heteroatoms. The van der Waals surface area contributed by atoms with Crippen molar-refractivity contribution in [2.24, 2.45) is 17.3 Å². The van der Waals surface area contributed by atoms with Gasteiger partial charge in [-0.25, -0.2) is 0 Å². The molecule has 0 radical (unpaired) electrons. The molecule has 2 saturated carbocycles. The minimum Gasteiger partial charge on any atom is -0.423 e. The second-order valence-corrected chi connectivity index (χ2v) is 11.3. The highest BCUT2D eigenvalue weighted by Crippen LogP contribution is 2.59. The van der Waals surface area contributed by atoms with E-state index in [1.165, 1.54) is 17.5 Å². The zero-order valence-corrected chi connectivity index (χ0v) is 20.0. The molecular formula is C27H38BNO4. The van der Waals surface area contributed by atoms with E-state index in [4.69, 9.17) is 0 Å². The van der Waals surface area contributed by atoms with Crippen LogP contribution in [0.15, 0.2) is 12.1 Å². The summed E-state index contributed by atoms with van der Waals surface area (Å²) in [6.07, 6.45) is 11.2. The molecule has 1 heterocycles. The number of fused-ring (bicyclic) bond motifs is 5. The van der Waals surface area contributed by atoms with E-state index in [9.17, 15) is 19.6 Å². The molecule has 3 aliphatic carbocycles. The Hall–Kier alpha value is -1.66. The molecule has 1 aromatic carbocycles. The lowest BCUT2D eigenvalue weighted by Crippen LogP contribution is -2.43. The molecule has 4 atom stereocenters. The fourth-order valence-electron chi connectivity index (χ4n) is 7.65. The average molecular weight is 451 g/mol. The van der Waals surface area contributed by atoms with Gasteiger partial charge in [0.1, 0.15) is 5.78 Å². The maximum Gasteiger partial charge on any atom is 0.488 e. The summed E-state index contributed by atoms with van der Waals surface area (Å²) in [7, 11) is -1.48. The quantitative estimate of drug-likeness (QED) is 0.675. The van der Waals surface area contributed by atoms with Crippen molar-refractivity contribution >= 4 is 24.3 Å². The van der Waals surface area contributed by atoms with Crippen LogP contribution in [0.4, 0.5) is 0 Å². The van der Waals surface area contributed by atoms with Gasteiger partial charge >= 0.3 is 7.12 Å². The molecule has 0 unspecified atom stereocenters. The molecule has 1 saturated heterocycles. The zero-order chi connectivity index (χ0) is 23.2. The summed E-state index contributed by atoms with van der Waals surface area (Å²) in [5.41, 5.74) is 4.08. The Kier molecular flexibility index (Phi) is 6.43. The number of ketones is 1. The lowest BCUT2D eigenvalue weighted by atomic mass is 9.55. The Bertz CT molecular complexity index is 925. The Morgan fingerprint density at radius 2 is 1.91 bits per heavy atom. The SMILES string of the molecule is C[C@]12CC[C@@H]3c4cc(CCCC(=O)N5CCCCC5)c(B(O)O)cc4CC[C@H]3[C@@H]1CCC2=O. The number of nitrogens with zero attached hydrogens (tertiary/aromatic N) is 1. The monoisotopic (exact) mass is 451 g/mol. The fraction of sp³-hybridized carbons (Fsp3) is 0.704. The smallest absolute Gasteiger partial charge is 0.423 e. The molecule has 0 bridgehead atoms. The van der Waals surface area contributed by atoms with Gasteiger partial charge in [-0.15, -0.1) is 0 Å². The van der Waals surface area contributed by atoms with Crippen LogP contribution in [0.3, 0.4) is 0 Å². The van der Waals surface area contributed by atoms with E-state index < -0.39 is 7.12 Å². The fourth-order valence-corrected chi connectivity index (χ4v) is 7.65. The molecule has 2 N–H and O–H groups in total. The maximum absolute atomic E-state index is 12.6. The number of carbonyl (C=O) groups excluding carboxylic acids is 2. The predicted molar refractivity (Wildman–Crippen MR) is 129 cm³/mol. The van der Waals surface area contributed by atoms with Crippen molar-refractivity contribution in [1.29, 1.82) is 0 Å². The molecule has 3 fully saturated rings. The molecule has 5 rings (SSSR count). The molecule has 4 aliphatic rings. The molecule has 1 amide bonds. The van der Waals surface area contributed by atoms with Crippen molar-refractivity contribution in [3.63, 3.8) is 0 Å². The predicted octanol–water partition coefficient (Wildman–Crippen LogP) is 3.13. The Morgan fingerprint density at radius 3 is 2.67 bits per heavy atom. The second kappa shape index (κ2) is 9.18. The molecule has 1 aliphatic heterocycles. The van der Waals surface area contributed by atoms with Crippen molar-refractivity contribution in [3.8, 4) is 0 Å². The highest BCUT2D eigenvalue weighted by atomic mass is 16.4. The van der Waals surface area contributed by atoms with E-state index in [2.05, 4.69) is 13.0 Å². The third-order valence-corrected chi connectivity index (χ3v) is 9.52. The van der Waals surface area contributed by atoms with Crippen LogP contribution in [0.2, 0.25) is 0 Å². The van der Waals surface area contributed by atoms with E-state index >= 15 is 0 Å². The highest BCUT2D eigenvalue weighted by molar-refractivity contribution is 6.59. The van der Waals surface area contributed by atoms with Gasteiger partial charge in [-0.3, -0.25) is 9.59 Å². The van der Waals surface area contributed by atoms with Crippen LogP contribution in [0.5, 0.6) is 0 Å². The molecular weight excluding hydrogens is 413 g/mol. The number of Topliss-reactive ketones (excluding diaryl/α,β-unsaturated/α-hetero) is 1. The number of aryl methyl sites for hydroxylation is 2. The van der Waals surface area contributed by atoms with E-state index in [1.54, 1.807) is 0 Å². The lowest BCUT2D eigenvalue weighted by Gasteiger charge is -2.48. The van der Waals surface area contributed by atoms with Crippen molar-refractivity contribution in [2.45, 2.75) is 89.9 Å². The van der Waals surface area contributed by atoms with Crippen molar-refractivity contribution < 1.29 is 19.6 Å². The van der Waals surface area contributed by atoms with Gasteiger partial charge in [0.15, 0.2) is 0 Å². The minimum atomic E-state index is -1.48. The van der Waals surface area contributed by atoms with Crippen LogP contribution < -0.4 is 5.46 Å². The number of amides is 1. The van der Waals surface area contributed by atoms with Gasteiger partial charge in [-0.1, -0.05) is 19.1 Å². The number of carbonyl (C=O) groups is 2. The number of hydrogen-bond acceptors (Lipinski definition) is 4. The van der Waals surface area contributed by atoms with Gasteiger partial charge in [0.25, 0.3) is 0 Å². The van der Waals surface area contributed by atoms with Crippen molar-refractivity contribution in [1.82, 2.24) is 4.90 Å². The average Bonchev–Trinajstić information content (AvgIpc) is 3.13. The summed E-state index contributed by atoms with van der Waals surface area (Å²) in [4.78, 5) is 27.2. The van der Waals surface area contributed by atoms with Gasteiger partial charge in [-0.05, 0) is 104 Å². The van der Waals surface area contributed by atoms with E-state index in [0.29, 0.717) is 41.8 Å². The lowest BCUT2D eigenvalue weighted by molar-refractivity contribution is -0.132. The van der Waals surface area contributed by atoms with Gasteiger partial charge in [0.2, 0.25) is 5.91 Å². The van der Waals surface area contributed by atoms with E-state index in [-0.39, 0.29) is 11.3 Å². The van der Waals surface area contributed by atoms with Gasteiger partial charge < -0.3 is 14.9 Å². The van der Waals surface area contributed by atoms with Crippen LogP contribution in [-0.4, -0.2) is 46.8 Å². The van der Waals surface area contributed by atoms with Crippen LogP contribution >= 0.6 is 0 Å². The maximum atomic E-state index is 12.6. The first kappa shape index (κ1) is 23.1. The molecule has 33 heavy (non-hydrogen) atoms. The standard InChI is InChI=1S/C27H38BNO4/c1-27-13-12-20-21(23(27)10-11-25(27)30)9-8-18-17-24(28(32)33)19(16-22(18)20)6-5-7-26(31)29-14-3-2-4-15-29/h16-17,20-21,23,32-33H,2-15H2,1H3/t20-,21+,23-,27-/m0/s1. The first-order chi connectivity index (χ1) is 15.9.